The molecule has 0 saturated heterocycles. The Bertz CT molecular complexity index is 556. The summed E-state index contributed by atoms with van der Waals surface area (Å²) in [5.41, 5.74) is -2.98. The van der Waals surface area contributed by atoms with Gasteiger partial charge in [0.15, 0.2) is 0 Å². The van der Waals surface area contributed by atoms with Gasteiger partial charge in [-0.1, -0.05) is 0 Å². The summed E-state index contributed by atoms with van der Waals surface area (Å²) in [5, 5.41) is 0. The summed E-state index contributed by atoms with van der Waals surface area (Å²) >= 11 is 0. The summed E-state index contributed by atoms with van der Waals surface area (Å²) in [4.78, 5) is 3.32. The second-order valence-corrected chi connectivity index (χ2v) is 3.59. The number of hydrogen-bond donors (Lipinski definition) is 0. The van der Waals surface area contributed by atoms with Crippen LogP contribution in [0.4, 0.5) is 26.3 Å². The van der Waals surface area contributed by atoms with Gasteiger partial charge in [-0.05, 0) is 18.2 Å². The van der Waals surface area contributed by atoms with E-state index in [0.717, 1.165) is 6.26 Å². The maximum absolute atomic E-state index is 12.5. The number of alkyl halides is 6. The highest BCUT2D eigenvalue weighted by Crippen LogP contribution is 2.38. The van der Waals surface area contributed by atoms with Gasteiger partial charge in [0.05, 0.1) is 11.1 Å². The van der Waals surface area contributed by atoms with Crippen molar-refractivity contribution in [3.63, 3.8) is 0 Å². The Hall–Kier alpha value is -2.19. The highest BCUT2D eigenvalue weighted by atomic mass is 19.4. The van der Waals surface area contributed by atoms with Crippen LogP contribution < -0.4 is 4.74 Å². The van der Waals surface area contributed by atoms with Gasteiger partial charge in [-0.15, -0.1) is 0 Å². The van der Waals surface area contributed by atoms with Gasteiger partial charge in [0.1, 0.15) is 18.2 Å². The van der Waals surface area contributed by atoms with E-state index in [2.05, 4.69) is 20.3 Å². The fraction of sp³-hybridized carbons (Fsp3) is 0.182. The Kier molecular flexibility index (Phi) is 3.36. The lowest BCUT2D eigenvalue weighted by molar-refractivity contribution is -0.143. The van der Waals surface area contributed by atoms with E-state index >= 15 is 0 Å². The molecule has 0 N–H and O–H groups in total. The van der Waals surface area contributed by atoms with Gasteiger partial charge in [-0.3, -0.25) is 0 Å². The molecule has 0 aliphatic rings. The maximum atomic E-state index is 12.5. The SMILES string of the molecule is FC(F)(F)c1cc(Oc2n[c]co2)cc(C(F)(F)F)c1. The summed E-state index contributed by atoms with van der Waals surface area (Å²) in [6.07, 6.45) is -7.31. The Labute approximate surface area is 107 Å². The van der Waals surface area contributed by atoms with Crippen LogP contribution in [0, 0.1) is 6.20 Å². The predicted octanol–water partition coefficient (Wildman–Crippen LogP) is 4.30. The molecular weight excluding hydrogens is 292 g/mol. The molecule has 0 saturated carbocycles. The van der Waals surface area contributed by atoms with E-state index in [1.54, 1.807) is 0 Å². The van der Waals surface area contributed by atoms with Crippen molar-refractivity contribution >= 4 is 0 Å². The Morgan fingerprint density at radius 3 is 1.90 bits per heavy atom. The molecule has 1 radical (unpaired) electrons. The first-order valence-corrected chi connectivity index (χ1v) is 4.95. The number of nitrogens with zero attached hydrogens (tertiary/aromatic N) is 1. The number of oxazole rings is 1. The average molecular weight is 296 g/mol. The third-order valence-electron chi connectivity index (χ3n) is 2.13. The molecule has 0 atom stereocenters. The largest absolute Gasteiger partial charge is 0.417 e. The normalized spacial score (nSPS) is 12.5. The lowest BCUT2D eigenvalue weighted by Crippen LogP contribution is -2.11. The minimum absolute atomic E-state index is 0.00541. The number of ether oxygens (including phenoxy) is 1. The molecule has 2 rings (SSSR count). The summed E-state index contributed by atoms with van der Waals surface area (Å²) in [5.74, 6) is -0.692. The second-order valence-electron chi connectivity index (χ2n) is 3.59. The molecule has 0 unspecified atom stereocenters. The predicted molar refractivity (Wildman–Crippen MR) is 51.9 cm³/mol. The first kappa shape index (κ1) is 14.2. The standard InChI is InChI=1S/C11H4F6NO2/c12-10(13,14)6-3-7(11(15,16)17)5-8(4-6)20-9-18-1-2-19-9/h2-5H. The van der Waals surface area contributed by atoms with E-state index in [1.807, 2.05) is 0 Å². The fourth-order valence-electron chi connectivity index (χ4n) is 1.32. The molecule has 0 aliphatic carbocycles. The molecule has 3 nitrogen and oxygen atoms in total. The molecule has 0 spiro atoms. The molecule has 9 heteroatoms. The number of halogens is 6. The number of rotatable bonds is 2. The second kappa shape index (κ2) is 4.73. The Morgan fingerprint density at radius 1 is 0.950 bits per heavy atom. The molecule has 20 heavy (non-hydrogen) atoms. The van der Waals surface area contributed by atoms with Crippen molar-refractivity contribution in [1.29, 1.82) is 0 Å². The van der Waals surface area contributed by atoms with Crippen molar-refractivity contribution in [2.75, 3.05) is 0 Å². The molecule has 1 aromatic carbocycles. The number of hydrogen-bond acceptors (Lipinski definition) is 3. The van der Waals surface area contributed by atoms with Gasteiger partial charge < -0.3 is 9.15 Å². The zero-order valence-corrected chi connectivity index (χ0v) is 9.34. The molecule has 2 aromatic rings. The highest BCUT2D eigenvalue weighted by molar-refractivity contribution is 5.38. The van der Waals surface area contributed by atoms with E-state index < -0.39 is 35.3 Å². The summed E-state index contributed by atoms with van der Waals surface area (Å²) < 4.78 is 84.5. The van der Waals surface area contributed by atoms with Crippen molar-refractivity contribution < 1.29 is 35.5 Å². The Morgan fingerprint density at radius 2 is 1.50 bits per heavy atom. The molecule has 0 aliphatic heterocycles. The maximum Gasteiger partial charge on any atom is 0.416 e. The first-order valence-electron chi connectivity index (χ1n) is 4.95. The van der Waals surface area contributed by atoms with Crippen LogP contribution in [0.2, 0.25) is 0 Å². The van der Waals surface area contributed by atoms with Crippen LogP contribution >= 0.6 is 0 Å². The average Bonchev–Trinajstić information content (AvgIpc) is 2.79. The van der Waals surface area contributed by atoms with Crippen LogP contribution in [0.15, 0.2) is 28.9 Å². The van der Waals surface area contributed by atoms with Gasteiger partial charge in [0.25, 0.3) is 0 Å². The quantitative estimate of drug-likeness (QED) is 0.775. The fourth-order valence-corrected chi connectivity index (χ4v) is 1.32. The summed E-state index contributed by atoms with van der Waals surface area (Å²) in [7, 11) is 0. The van der Waals surface area contributed by atoms with Crippen molar-refractivity contribution in [1.82, 2.24) is 4.98 Å². The van der Waals surface area contributed by atoms with Gasteiger partial charge in [-0.25, -0.2) is 0 Å². The summed E-state index contributed by atoms with van der Waals surface area (Å²) in [6, 6.07) is 0.827. The van der Waals surface area contributed by atoms with Gasteiger partial charge in [-0.2, -0.15) is 31.3 Å². The molecule has 1 aromatic heterocycles. The smallest absolute Gasteiger partial charge is 0.416 e. The minimum atomic E-state index is -4.94. The summed E-state index contributed by atoms with van der Waals surface area (Å²) in [6.45, 7) is 0. The van der Waals surface area contributed by atoms with Gasteiger partial charge in [0.2, 0.25) is 0 Å². The van der Waals surface area contributed by atoms with Gasteiger partial charge in [0, 0.05) is 0 Å². The van der Waals surface area contributed by atoms with E-state index in [1.165, 1.54) is 0 Å². The molecule has 0 bridgehead atoms. The lowest BCUT2D eigenvalue weighted by atomic mass is 10.1. The van der Waals surface area contributed by atoms with Crippen LogP contribution in [0.25, 0.3) is 0 Å². The number of aromatic nitrogens is 1. The van der Waals surface area contributed by atoms with Crippen LogP contribution in [-0.2, 0) is 12.4 Å². The van der Waals surface area contributed by atoms with E-state index in [0.29, 0.717) is 12.1 Å². The minimum Gasteiger partial charge on any atom is -0.417 e. The third kappa shape index (κ3) is 3.22. The van der Waals surface area contributed by atoms with Crippen molar-refractivity contribution in [2.24, 2.45) is 0 Å². The van der Waals surface area contributed by atoms with Crippen LogP contribution in [0.3, 0.4) is 0 Å². The zero-order chi connectivity index (χ0) is 15.0. The van der Waals surface area contributed by atoms with Crippen molar-refractivity contribution in [3.8, 4) is 11.8 Å². The number of benzene rings is 1. The third-order valence-corrected chi connectivity index (χ3v) is 2.13. The molecule has 0 amide bonds. The van der Waals surface area contributed by atoms with Crippen LogP contribution in [0.1, 0.15) is 11.1 Å². The lowest BCUT2D eigenvalue weighted by Gasteiger charge is -2.13. The van der Waals surface area contributed by atoms with Crippen molar-refractivity contribution in [3.05, 3.63) is 41.8 Å². The highest BCUT2D eigenvalue weighted by Gasteiger charge is 2.37. The van der Waals surface area contributed by atoms with Gasteiger partial charge >= 0.3 is 18.4 Å². The first-order chi connectivity index (χ1) is 9.16. The topological polar surface area (TPSA) is 35.3 Å². The molecule has 107 valence electrons. The van der Waals surface area contributed by atoms with E-state index in [-0.39, 0.29) is 6.07 Å². The molecule has 1 heterocycles. The Balaban J connectivity index is 2.46. The van der Waals surface area contributed by atoms with E-state index in [4.69, 9.17) is 0 Å². The monoisotopic (exact) mass is 296 g/mol. The molecular formula is C11H4F6NO2. The molecule has 0 fully saturated rings. The van der Waals surface area contributed by atoms with Crippen molar-refractivity contribution in [2.45, 2.75) is 12.4 Å². The van der Waals surface area contributed by atoms with E-state index in [9.17, 15) is 26.3 Å². The van der Waals surface area contributed by atoms with Crippen LogP contribution in [-0.4, -0.2) is 4.98 Å². The zero-order valence-electron chi connectivity index (χ0n) is 9.34. The van der Waals surface area contributed by atoms with Crippen LogP contribution in [0.5, 0.6) is 11.8 Å².